The molecule has 116 valence electrons. The number of halogens is 3. The standard InChI is InChI=1S/C16H14F3NO2/c17-16(18,19)22-15-8-12(11-4-2-1-3-5-11)6-7-14(15)21-13-9-20-10-13/h1-8,13,20H,9-10H2. The first-order valence-electron chi connectivity index (χ1n) is 6.84. The third kappa shape index (κ3) is 3.51. The molecule has 1 heterocycles. The molecule has 2 aromatic carbocycles. The molecule has 0 saturated carbocycles. The van der Waals surface area contributed by atoms with Gasteiger partial charge in [-0.25, -0.2) is 0 Å². The summed E-state index contributed by atoms with van der Waals surface area (Å²) in [5.41, 5.74) is 1.45. The zero-order chi connectivity index (χ0) is 15.6. The minimum Gasteiger partial charge on any atom is -0.484 e. The molecule has 3 rings (SSSR count). The molecule has 0 aromatic heterocycles. The molecule has 0 radical (unpaired) electrons. The molecule has 1 saturated heterocycles. The summed E-state index contributed by atoms with van der Waals surface area (Å²) in [5.74, 6) is -0.218. The van der Waals surface area contributed by atoms with E-state index in [-0.39, 0.29) is 17.6 Å². The van der Waals surface area contributed by atoms with Crippen LogP contribution in [-0.4, -0.2) is 25.6 Å². The van der Waals surface area contributed by atoms with Gasteiger partial charge < -0.3 is 14.8 Å². The van der Waals surface area contributed by atoms with Crippen LogP contribution in [0, 0.1) is 0 Å². The highest BCUT2D eigenvalue weighted by atomic mass is 19.4. The number of ether oxygens (including phenoxy) is 2. The van der Waals surface area contributed by atoms with Crippen molar-refractivity contribution in [1.29, 1.82) is 0 Å². The third-order valence-corrected chi connectivity index (χ3v) is 3.31. The second-order valence-corrected chi connectivity index (χ2v) is 4.97. The summed E-state index contributed by atoms with van der Waals surface area (Å²) >= 11 is 0. The normalized spacial score (nSPS) is 15.2. The van der Waals surface area contributed by atoms with E-state index in [0.717, 1.165) is 5.56 Å². The van der Waals surface area contributed by atoms with E-state index in [1.807, 2.05) is 30.3 Å². The number of hydrogen-bond donors (Lipinski definition) is 1. The highest BCUT2D eigenvalue weighted by molar-refractivity contribution is 5.67. The largest absolute Gasteiger partial charge is 0.573 e. The van der Waals surface area contributed by atoms with Gasteiger partial charge in [-0.1, -0.05) is 36.4 Å². The average Bonchev–Trinajstić information content (AvgIpc) is 2.43. The summed E-state index contributed by atoms with van der Waals surface area (Å²) in [4.78, 5) is 0. The van der Waals surface area contributed by atoms with E-state index in [0.29, 0.717) is 18.7 Å². The van der Waals surface area contributed by atoms with Gasteiger partial charge in [0.15, 0.2) is 11.5 Å². The maximum atomic E-state index is 12.6. The number of rotatable bonds is 4. The van der Waals surface area contributed by atoms with E-state index >= 15 is 0 Å². The molecule has 0 spiro atoms. The van der Waals surface area contributed by atoms with Gasteiger partial charge in [0.2, 0.25) is 0 Å². The number of benzene rings is 2. The van der Waals surface area contributed by atoms with Crippen molar-refractivity contribution in [3.8, 4) is 22.6 Å². The van der Waals surface area contributed by atoms with Crippen molar-refractivity contribution in [2.24, 2.45) is 0 Å². The zero-order valence-electron chi connectivity index (χ0n) is 11.6. The second kappa shape index (κ2) is 5.88. The molecule has 1 aliphatic heterocycles. The molecular weight excluding hydrogens is 295 g/mol. The van der Waals surface area contributed by atoms with Crippen LogP contribution in [0.5, 0.6) is 11.5 Å². The summed E-state index contributed by atoms with van der Waals surface area (Å²) in [7, 11) is 0. The fourth-order valence-corrected chi connectivity index (χ4v) is 2.15. The Morgan fingerprint density at radius 3 is 2.23 bits per heavy atom. The quantitative estimate of drug-likeness (QED) is 0.936. The van der Waals surface area contributed by atoms with E-state index in [1.54, 1.807) is 6.07 Å². The van der Waals surface area contributed by atoms with E-state index in [4.69, 9.17) is 4.74 Å². The van der Waals surface area contributed by atoms with Crippen molar-refractivity contribution < 1.29 is 22.6 Å². The Morgan fingerprint density at radius 2 is 1.64 bits per heavy atom. The lowest BCUT2D eigenvalue weighted by Gasteiger charge is -2.28. The Kier molecular flexibility index (Phi) is 3.94. The molecule has 0 atom stereocenters. The SMILES string of the molecule is FC(F)(F)Oc1cc(-c2ccccc2)ccc1OC1CNC1. The topological polar surface area (TPSA) is 30.5 Å². The molecule has 22 heavy (non-hydrogen) atoms. The van der Waals surface area contributed by atoms with Crippen LogP contribution in [0.3, 0.4) is 0 Å². The number of hydrogen-bond acceptors (Lipinski definition) is 3. The average molecular weight is 309 g/mol. The van der Waals surface area contributed by atoms with Gasteiger partial charge in [-0.3, -0.25) is 0 Å². The molecular formula is C16H14F3NO2. The maximum Gasteiger partial charge on any atom is 0.573 e. The predicted octanol–water partition coefficient (Wildman–Crippen LogP) is 3.60. The van der Waals surface area contributed by atoms with Crippen molar-refractivity contribution >= 4 is 0 Å². The van der Waals surface area contributed by atoms with E-state index in [1.165, 1.54) is 12.1 Å². The van der Waals surface area contributed by atoms with Crippen molar-refractivity contribution in [3.05, 3.63) is 48.5 Å². The van der Waals surface area contributed by atoms with Gasteiger partial charge in [0.25, 0.3) is 0 Å². The first-order chi connectivity index (χ1) is 10.5. The Bertz CT molecular complexity index is 640. The van der Waals surface area contributed by atoms with Crippen LogP contribution in [0.1, 0.15) is 0 Å². The van der Waals surface area contributed by atoms with Gasteiger partial charge in [-0.2, -0.15) is 0 Å². The Balaban J connectivity index is 1.92. The van der Waals surface area contributed by atoms with Crippen LogP contribution < -0.4 is 14.8 Å². The highest BCUT2D eigenvalue weighted by Crippen LogP contribution is 2.36. The number of nitrogens with one attached hydrogen (secondary N) is 1. The molecule has 0 aliphatic carbocycles. The molecule has 0 unspecified atom stereocenters. The number of alkyl halides is 3. The summed E-state index contributed by atoms with van der Waals surface area (Å²) in [6.45, 7) is 1.23. The van der Waals surface area contributed by atoms with Gasteiger partial charge in [-0.05, 0) is 23.3 Å². The van der Waals surface area contributed by atoms with E-state index in [9.17, 15) is 13.2 Å². The minimum atomic E-state index is -4.76. The Labute approximate surface area is 125 Å². The van der Waals surface area contributed by atoms with Gasteiger partial charge in [0, 0.05) is 13.1 Å². The fourth-order valence-electron chi connectivity index (χ4n) is 2.15. The summed E-state index contributed by atoms with van der Waals surface area (Å²) in [6.07, 6.45) is -4.89. The van der Waals surface area contributed by atoms with Crippen molar-refractivity contribution in [1.82, 2.24) is 5.32 Å². The molecule has 6 heteroatoms. The second-order valence-electron chi connectivity index (χ2n) is 4.97. The molecule has 0 amide bonds. The zero-order valence-corrected chi connectivity index (χ0v) is 11.6. The first-order valence-corrected chi connectivity index (χ1v) is 6.84. The van der Waals surface area contributed by atoms with Crippen LogP contribution in [0.4, 0.5) is 13.2 Å². The van der Waals surface area contributed by atoms with Crippen LogP contribution >= 0.6 is 0 Å². The fraction of sp³-hybridized carbons (Fsp3) is 0.250. The molecule has 3 nitrogen and oxygen atoms in total. The lowest BCUT2D eigenvalue weighted by molar-refractivity contribution is -0.275. The van der Waals surface area contributed by atoms with Crippen LogP contribution in [0.15, 0.2) is 48.5 Å². The highest BCUT2D eigenvalue weighted by Gasteiger charge is 2.33. The Hall–Kier alpha value is -2.21. The van der Waals surface area contributed by atoms with Crippen molar-refractivity contribution in [2.75, 3.05) is 13.1 Å². The first kappa shape index (κ1) is 14.7. The van der Waals surface area contributed by atoms with Gasteiger partial charge in [0.1, 0.15) is 6.10 Å². The van der Waals surface area contributed by atoms with E-state index < -0.39 is 6.36 Å². The maximum absolute atomic E-state index is 12.6. The Morgan fingerprint density at radius 1 is 0.909 bits per heavy atom. The molecule has 0 bridgehead atoms. The minimum absolute atomic E-state index is 0.100. The van der Waals surface area contributed by atoms with Gasteiger partial charge in [0.05, 0.1) is 0 Å². The molecule has 1 aliphatic rings. The molecule has 1 N–H and O–H groups in total. The lowest BCUT2D eigenvalue weighted by Crippen LogP contribution is -2.50. The van der Waals surface area contributed by atoms with E-state index in [2.05, 4.69) is 10.1 Å². The van der Waals surface area contributed by atoms with Crippen LogP contribution in [0.2, 0.25) is 0 Å². The molecule has 1 fully saturated rings. The van der Waals surface area contributed by atoms with Gasteiger partial charge >= 0.3 is 6.36 Å². The smallest absolute Gasteiger partial charge is 0.484 e. The summed E-state index contributed by atoms with van der Waals surface area (Å²) < 4.78 is 47.4. The lowest BCUT2D eigenvalue weighted by atomic mass is 10.1. The summed E-state index contributed by atoms with van der Waals surface area (Å²) in [6, 6.07) is 13.7. The van der Waals surface area contributed by atoms with Gasteiger partial charge in [-0.15, -0.1) is 13.2 Å². The monoisotopic (exact) mass is 309 g/mol. The van der Waals surface area contributed by atoms with Crippen LogP contribution in [0.25, 0.3) is 11.1 Å². The predicted molar refractivity (Wildman–Crippen MR) is 75.8 cm³/mol. The summed E-state index contributed by atoms with van der Waals surface area (Å²) in [5, 5.41) is 3.00. The van der Waals surface area contributed by atoms with Crippen LogP contribution in [-0.2, 0) is 0 Å². The van der Waals surface area contributed by atoms with Crippen molar-refractivity contribution in [3.63, 3.8) is 0 Å². The third-order valence-electron chi connectivity index (χ3n) is 3.31. The molecule has 2 aromatic rings. The van der Waals surface area contributed by atoms with Crippen molar-refractivity contribution in [2.45, 2.75) is 12.5 Å².